The van der Waals surface area contributed by atoms with Gasteiger partial charge in [0.1, 0.15) is 0 Å². The molecule has 1 aromatic rings. The molecule has 2 saturated heterocycles. The Morgan fingerprint density at radius 2 is 1.83 bits per heavy atom. The Labute approximate surface area is 145 Å². The van der Waals surface area contributed by atoms with Crippen LogP contribution in [0.2, 0.25) is 0 Å². The van der Waals surface area contributed by atoms with Gasteiger partial charge in [-0.15, -0.1) is 0 Å². The van der Waals surface area contributed by atoms with Gasteiger partial charge in [-0.05, 0) is 94.9 Å². The molecule has 0 atom stereocenters. The van der Waals surface area contributed by atoms with Crippen molar-refractivity contribution in [1.82, 2.24) is 9.80 Å². The van der Waals surface area contributed by atoms with Crippen molar-refractivity contribution in [2.24, 2.45) is 5.92 Å². The number of nitrogens with zero attached hydrogens (tertiary/aromatic N) is 2. The Morgan fingerprint density at radius 1 is 1.08 bits per heavy atom. The highest BCUT2D eigenvalue weighted by molar-refractivity contribution is 5.87. The second-order valence-corrected chi connectivity index (χ2v) is 7.42. The van der Waals surface area contributed by atoms with Crippen molar-refractivity contribution in [3.05, 3.63) is 35.4 Å². The third kappa shape index (κ3) is 5.05. The summed E-state index contributed by atoms with van der Waals surface area (Å²) in [5.74, 6) is 0.0442. The highest BCUT2D eigenvalue weighted by atomic mass is 16.4. The largest absolute Gasteiger partial charge is 0.478 e. The summed E-state index contributed by atoms with van der Waals surface area (Å²) in [4.78, 5) is 16.2. The zero-order valence-electron chi connectivity index (χ0n) is 14.6. The zero-order chi connectivity index (χ0) is 16.8. The summed E-state index contributed by atoms with van der Waals surface area (Å²) in [5.41, 5.74) is 1.51. The number of rotatable bonds is 7. The Balaban J connectivity index is 1.37. The van der Waals surface area contributed by atoms with E-state index in [0.29, 0.717) is 5.56 Å². The fourth-order valence-electron chi connectivity index (χ4n) is 4.10. The van der Waals surface area contributed by atoms with E-state index in [9.17, 15) is 4.79 Å². The van der Waals surface area contributed by atoms with Gasteiger partial charge in [0.05, 0.1) is 5.56 Å². The van der Waals surface area contributed by atoms with Crippen LogP contribution in [0.15, 0.2) is 24.3 Å². The Kier molecular flexibility index (Phi) is 6.27. The van der Waals surface area contributed by atoms with Crippen LogP contribution >= 0.6 is 0 Å². The number of carboxylic acids is 1. The van der Waals surface area contributed by atoms with Gasteiger partial charge < -0.3 is 10.0 Å². The summed E-state index contributed by atoms with van der Waals surface area (Å²) in [7, 11) is 0. The molecule has 0 spiro atoms. The molecular formula is C20H30N2O2. The van der Waals surface area contributed by atoms with Gasteiger partial charge in [0.2, 0.25) is 0 Å². The van der Waals surface area contributed by atoms with E-state index in [4.69, 9.17) is 5.11 Å². The zero-order valence-corrected chi connectivity index (χ0v) is 14.6. The van der Waals surface area contributed by atoms with Crippen LogP contribution in [0.5, 0.6) is 0 Å². The topological polar surface area (TPSA) is 43.8 Å². The monoisotopic (exact) mass is 330 g/mol. The predicted molar refractivity (Wildman–Crippen MR) is 96.3 cm³/mol. The lowest BCUT2D eigenvalue weighted by molar-refractivity contribution is 0.0696. The van der Waals surface area contributed by atoms with E-state index in [1.54, 1.807) is 6.07 Å². The van der Waals surface area contributed by atoms with Crippen molar-refractivity contribution in [1.29, 1.82) is 0 Å². The molecule has 0 aromatic heterocycles. The number of carboxylic acid groups (broad SMARTS) is 1. The normalized spacial score (nSPS) is 20.5. The number of hydrogen-bond donors (Lipinski definition) is 1. The van der Waals surface area contributed by atoms with Gasteiger partial charge in [-0.25, -0.2) is 4.79 Å². The maximum atomic E-state index is 11.1. The first-order valence-electron chi connectivity index (χ1n) is 9.47. The van der Waals surface area contributed by atoms with Gasteiger partial charge in [0, 0.05) is 6.54 Å². The van der Waals surface area contributed by atoms with E-state index < -0.39 is 5.97 Å². The fourth-order valence-corrected chi connectivity index (χ4v) is 4.10. The van der Waals surface area contributed by atoms with Crippen molar-refractivity contribution in [3.63, 3.8) is 0 Å². The molecule has 0 bridgehead atoms. The molecule has 0 aliphatic carbocycles. The number of benzene rings is 1. The maximum Gasteiger partial charge on any atom is 0.335 e. The molecule has 2 aliphatic rings. The van der Waals surface area contributed by atoms with E-state index in [1.165, 1.54) is 58.2 Å². The van der Waals surface area contributed by atoms with E-state index in [1.807, 2.05) is 18.2 Å². The van der Waals surface area contributed by atoms with Crippen LogP contribution < -0.4 is 0 Å². The number of hydrogen-bond acceptors (Lipinski definition) is 3. The predicted octanol–water partition coefficient (Wildman–Crippen LogP) is 3.47. The second-order valence-electron chi connectivity index (χ2n) is 7.42. The SMILES string of the molecule is O=C(O)c1cccc(CN2CCC(CCCN3CCCC3)CC2)c1. The lowest BCUT2D eigenvalue weighted by atomic mass is 9.92. The molecule has 0 radical (unpaired) electrons. The van der Waals surface area contributed by atoms with E-state index >= 15 is 0 Å². The summed E-state index contributed by atoms with van der Waals surface area (Å²) in [6.45, 7) is 7.09. The van der Waals surface area contributed by atoms with Crippen LogP contribution in [0.25, 0.3) is 0 Å². The van der Waals surface area contributed by atoms with Crippen LogP contribution in [0, 0.1) is 5.92 Å². The fraction of sp³-hybridized carbons (Fsp3) is 0.650. The highest BCUT2D eigenvalue weighted by Gasteiger charge is 2.20. The number of aromatic carboxylic acids is 1. The molecule has 0 unspecified atom stereocenters. The minimum Gasteiger partial charge on any atom is -0.478 e. The molecular weight excluding hydrogens is 300 g/mol. The van der Waals surface area contributed by atoms with Gasteiger partial charge >= 0.3 is 5.97 Å². The number of carbonyl (C=O) groups is 1. The standard InChI is InChI=1S/C20H30N2O2/c23-20(24)19-7-3-5-18(15-19)16-22-13-8-17(9-14-22)6-4-12-21-10-1-2-11-21/h3,5,7,15,17H,1-2,4,6,8-14,16H2,(H,23,24). The summed E-state index contributed by atoms with van der Waals surface area (Å²) >= 11 is 0. The molecule has 2 heterocycles. The van der Waals surface area contributed by atoms with Crippen LogP contribution in [0.4, 0.5) is 0 Å². The molecule has 24 heavy (non-hydrogen) atoms. The average molecular weight is 330 g/mol. The van der Waals surface area contributed by atoms with Crippen molar-refractivity contribution in [2.45, 2.75) is 45.1 Å². The summed E-state index contributed by atoms with van der Waals surface area (Å²) in [5, 5.41) is 9.09. The van der Waals surface area contributed by atoms with Gasteiger partial charge in [-0.1, -0.05) is 12.1 Å². The first kappa shape index (κ1) is 17.4. The van der Waals surface area contributed by atoms with Crippen molar-refractivity contribution < 1.29 is 9.90 Å². The number of piperidine rings is 1. The molecule has 4 nitrogen and oxygen atoms in total. The van der Waals surface area contributed by atoms with Crippen molar-refractivity contribution in [3.8, 4) is 0 Å². The average Bonchev–Trinajstić information content (AvgIpc) is 3.10. The van der Waals surface area contributed by atoms with Crippen molar-refractivity contribution in [2.75, 3.05) is 32.7 Å². The smallest absolute Gasteiger partial charge is 0.335 e. The van der Waals surface area contributed by atoms with Crippen LogP contribution in [-0.4, -0.2) is 53.6 Å². The van der Waals surface area contributed by atoms with Gasteiger partial charge in [-0.2, -0.15) is 0 Å². The van der Waals surface area contributed by atoms with Gasteiger partial charge in [0.25, 0.3) is 0 Å². The molecule has 0 saturated carbocycles. The third-order valence-electron chi connectivity index (χ3n) is 5.57. The molecule has 0 amide bonds. The summed E-state index contributed by atoms with van der Waals surface area (Å²) < 4.78 is 0. The van der Waals surface area contributed by atoms with Crippen molar-refractivity contribution >= 4 is 5.97 Å². The minimum atomic E-state index is -0.839. The molecule has 1 aromatic carbocycles. The molecule has 4 heteroatoms. The lowest BCUT2D eigenvalue weighted by Gasteiger charge is -2.32. The van der Waals surface area contributed by atoms with Crippen LogP contribution in [0.3, 0.4) is 0 Å². The lowest BCUT2D eigenvalue weighted by Crippen LogP contribution is -2.33. The van der Waals surface area contributed by atoms with E-state index in [-0.39, 0.29) is 0 Å². The van der Waals surface area contributed by atoms with Gasteiger partial charge in [0.15, 0.2) is 0 Å². The highest BCUT2D eigenvalue weighted by Crippen LogP contribution is 2.23. The second kappa shape index (κ2) is 8.63. The molecule has 2 fully saturated rings. The Morgan fingerprint density at radius 3 is 2.54 bits per heavy atom. The van der Waals surface area contributed by atoms with Crippen LogP contribution in [-0.2, 0) is 6.54 Å². The summed E-state index contributed by atoms with van der Waals surface area (Å²) in [6.07, 6.45) is 8.09. The summed E-state index contributed by atoms with van der Waals surface area (Å²) in [6, 6.07) is 7.36. The van der Waals surface area contributed by atoms with E-state index in [2.05, 4.69) is 9.80 Å². The first-order valence-corrected chi connectivity index (χ1v) is 9.47. The Hall–Kier alpha value is -1.39. The minimum absolute atomic E-state index is 0.393. The molecule has 3 rings (SSSR count). The van der Waals surface area contributed by atoms with E-state index in [0.717, 1.165) is 31.1 Å². The quantitative estimate of drug-likeness (QED) is 0.831. The third-order valence-corrected chi connectivity index (χ3v) is 5.57. The molecule has 1 N–H and O–H groups in total. The Bertz CT molecular complexity index is 532. The number of likely N-dealkylation sites (tertiary alicyclic amines) is 2. The first-order chi connectivity index (χ1) is 11.7. The molecule has 2 aliphatic heterocycles. The van der Waals surface area contributed by atoms with Crippen LogP contribution in [0.1, 0.15) is 54.4 Å². The molecule has 132 valence electrons. The van der Waals surface area contributed by atoms with Gasteiger partial charge in [-0.3, -0.25) is 4.90 Å². The maximum absolute atomic E-state index is 11.1.